The van der Waals surface area contributed by atoms with Crippen LogP contribution < -0.4 is 10.2 Å². The number of amides is 1. The molecule has 2 aliphatic rings. The number of hydrogen-bond donors (Lipinski definition) is 1. The minimum absolute atomic E-state index is 0.0192. The summed E-state index contributed by atoms with van der Waals surface area (Å²) in [7, 11) is 2.19. The van der Waals surface area contributed by atoms with Crippen LogP contribution in [0.15, 0.2) is 18.2 Å². The van der Waals surface area contributed by atoms with E-state index in [1.54, 1.807) is 11.3 Å². The molecule has 1 saturated heterocycles. The molecule has 0 atom stereocenters. The van der Waals surface area contributed by atoms with Crippen LogP contribution in [0.2, 0.25) is 0 Å². The summed E-state index contributed by atoms with van der Waals surface area (Å²) >= 11 is 1.71. The lowest BCUT2D eigenvalue weighted by atomic mass is 9.94. The third kappa shape index (κ3) is 5.10. The van der Waals surface area contributed by atoms with Gasteiger partial charge in [0, 0.05) is 37.8 Å². The summed E-state index contributed by atoms with van der Waals surface area (Å²) in [6, 6.07) is 6.59. The van der Waals surface area contributed by atoms with Crippen molar-refractivity contribution in [1.82, 2.24) is 15.2 Å². The monoisotopic (exact) mass is 414 g/mol. The Labute approximate surface area is 178 Å². The second kappa shape index (κ2) is 9.43. The van der Waals surface area contributed by atoms with Crippen LogP contribution in [0.1, 0.15) is 62.2 Å². The lowest BCUT2D eigenvalue weighted by Gasteiger charge is -2.31. The second-order valence-corrected chi connectivity index (χ2v) is 9.89. The minimum atomic E-state index is 0.0192. The highest BCUT2D eigenvalue weighted by molar-refractivity contribution is 7.22. The zero-order chi connectivity index (χ0) is 20.2. The molecule has 6 heteroatoms. The predicted octanol–water partition coefficient (Wildman–Crippen LogP) is 4.53. The number of benzene rings is 1. The van der Waals surface area contributed by atoms with Gasteiger partial charge in [0.1, 0.15) is 0 Å². The number of rotatable bonds is 6. The molecule has 0 bridgehead atoms. The van der Waals surface area contributed by atoms with E-state index in [9.17, 15) is 4.79 Å². The van der Waals surface area contributed by atoms with Crippen molar-refractivity contribution in [1.29, 1.82) is 0 Å². The molecule has 1 aromatic carbocycles. The molecule has 2 aromatic rings. The van der Waals surface area contributed by atoms with Crippen LogP contribution in [0.3, 0.4) is 0 Å². The summed E-state index contributed by atoms with van der Waals surface area (Å²) in [5.41, 5.74) is 1.73. The highest BCUT2D eigenvalue weighted by Crippen LogP contribution is 2.32. The van der Waals surface area contributed by atoms with E-state index in [1.807, 2.05) is 18.2 Å². The van der Waals surface area contributed by atoms with E-state index in [1.165, 1.54) is 44.9 Å². The summed E-state index contributed by atoms with van der Waals surface area (Å²) in [4.78, 5) is 22.2. The van der Waals surface area contributed by atoms with E-state index in [0.717, 1.165) is 46.5 Å². The lowest BCUT2D eigenvalue weighted by Crippen LogP contribution is -2.39. The van der Waals surface area contributed by atoms with E-state index in [-0.39, 0.29) is 5.91 Å². The molecule has 1 aromatic heterocycles. The maximum absolute atomic E-state index is 12.6. The SMILES string of the molecule is CC1CCN(c2nc3ccc(C(=O)NCCN(C)C4CCCCC4)cc3s2)CC1. The molecule has 4 rings (SSSR count). The molecule has 2 heterocycles. The molecular formula is C23H34N4OS. The van der Waals surface area contributed by atoms with Gasteiger partial charge in [-0.1, -0.05) is 37.5 Å². The maximum Gasteiger partial charge on any atom is 0.251 e. The zero-order valence-corrected chi connectivity index (χ0v) is 18.6. The van der Waals surface area contributed by atoms with Gasteiger partial charge in [0.25, 0.3) is 5.91 Å². The standard InChI is InChI=1S/C23H34N4OS/c1-17-10-13-27(14-11-17)23-25-20-9-8-18(16-21(20)29-23)22(28)24-12-15-26(2)19-6-4-3-5-7-19/h8-9,16-17,19H,3-7,10-15H2,1-2H3,(H,24,28). The van der Waals surface area contributed by atoms with Crippen molar-refractivity contribution in [3.8, 4) is 0 Å². The van der Waals surface area contributed by atoms with Gasteiger partial charge in [-0.3, -0.25) is 4.79 Å². The minimum Gasteiger partial charge on any atom is -0.351 e. The van der Waals surface area contributed by atoms with Crippen molar-refractivity contribution in [2.45, 2.75) is 57.9 Å². The largest absolute Gasteiger partial charge is 0.351 e. The Morgan fingerprint density at radius 3 is 2.72 bits per heavy atom. The molecule has 2 fully saturated rings. The molecule has 29 heavy (non-hydrogen) atoms. The molecule has 0 radical (unpaired) electrons. The molecular weight excluding hydrogens is 380 g/mol. The number of nitrogens with zero attached hydrogens (tertiary/aromatic N) is 3. The molecule has 1 amide bonds. The molecule has 1 aliphatic heterocycles. The molecule has 5 nitrogen and oxygen atoms in total. The summed E-state index contributed by atoms with van der Waals surface area (Å²) in [5, 5.41) is 4.20. The lowest BCUT2D eigenvalue weighted by molar-refractivity contribution is 0.0944. The maximum atomic E-state index is 12.6. The van der Waals surface area contributed by atoms with Crippen molar-refractivity contribution in [3.05, 3.63) is 23.8 Å². The van der Waals surface area contributed by atoms with Crippen LogP contribution >= 0.6 is 11.3 Å². The number of carbonyl (C=O) groups excluding carboxylic acids is 1. The number of anilines is 1. The van der Waals surface area contributed by atoms with E-state index in [2.05, 4.69) is 29.1 Å². The number of likely N-dealkylation sites (N-methyl/N-ethyl adjacent to an activating group) is 1. The third-order valence-electron chi connectivity index (χ3n) is 6.64. The first-order valence-corrected chi connectivity index (χ1v) is 12.1. The van der Waals surface area contributed by atoms with Crippen LogP contribution in [-0.4, -0.2) is 55.1 Å². The van der Waals surface area contributed by atoms with E-state index >= 15 is 0 Å². The van der Waals surface area contributed by atoms with Crippen molar-refractivity contribution >= 4 is 32.6 Å². The molecule has 0 spiro atoms. The highest BCUT2D eigenvalue weighted by atomic mass is 32.1. The average Bonchev–Trinajstić information content (AvgIpc) is 3.18. The summed E-state index contributed by atoms with van der Waals surface area (Å²) in [5.74, 6) is 0.832. The first kappa shape index (κ1) is 20.6. The Bertz CT molecular complexity index is 821. The fourth-order valence-corrected chi connectivity index (χ4v) is 5.60. The topological polar surface area (TPSA) is 48.5 Å². The van der Waals surface area contributed by atoms with E-state index < -0.39 is 0 Å². The Kier molecular flexibility index (Phi) is 6.70. The number of fused-ring (bicyclic) bond motifs is 1. The first-order valence-electron chi connectivity index (χ1n) is 11.2. The van der Waals surface area contributed by atoms with Crippen LogP contribution in [0, 0.1) is 5.92 Å². The second-order valence-electron chi connectivity index (χ2n) is 8.88. The first-order chi connectivity index (χ1) is 14.1. The third-order valence-corrected chi connectivity index (χ3v) is 7.72. The van der Waals surface area contributed by atoms with Gasteiger partial charge >= 0.3 is 0 Å². The molecule has 1 saturated carbocycles. The Hall–Kier alpha value is -1.66. The number of thiazole rings is 1. The smallest absolute Gasteiger partial charge is 0.251 e. The zero-order valence-electron chi connectivity index (χ0n) is 17.8. The normalized spacial score (nSPS) is 19.2. The van der Waals surface area contributed by atoms with Gasteiger partial charge in [-0.2, -0.15) is 0 Å². The van der Waals surface area contributed by atoms with Crippen molar-refractivity contribution in [2.24, 2.45) is 5.92 Å². The van der Waals surface area contributed by atoms with Crippen LogP contribution in [0.25, 0.3) is 10.2 Å². The Morgan fingerprint density at radius 1 is 1.21 bits per heavy atom. The van der Waals surface area contributed by atoms with Gasteiger partial charge in [0.15, 0.2) is 5.13 Å². The van der Waals surface area contributed by atoms with Gasteiger partial charge in [0.05, 0.1) is 10.2 Å². The van der Waals surface area contributed by atoms with Gasteiger partial charge < -0.3 is 15.1 Å². The summed E-state index contributed by atoms with van der Waals surface area (Å²) in [6.07, 6.45) is 9.12. The summed E-state index contributed by atoms with van der Waals surface area (Å²) in [6.45, 7) is 6.11. The van der Waals surface area contributed by atoms with Gasteiger partial charge in [-0.15, -0.1) is 0 Å². The van der Waals surface area contributed by atoms with E-state index in [4.69, 9.17) is 4.98 Å². The molecule has 1 aliphatic carbocycles. The number of aromatic nitrogens is 1. The van der Waals surface area contributed by atoms with Gasteiger partial charge in [0.2, 0.25) is 0 Å². The van der Waals surface area contributed by atoms with Crippen LogP contribution in [0.4, 0.5) is 5.13 Å². The van der Waals surface area contributed by atoms with Crippen LogP contribution in [0.5, 0.6) is 0 Å². The number of piperidine rings is 1. The highest BCUT2D eigenvalue weighted by Gasteiger charge is 2.20. The number of hydrogen-bond acceptors (Lipinski definition) is 5. The Balaban J connectivity index is 1.33. The van der Waals surface area contributed by atoms with Crippen molar-refractivity contribution in [3.63, 3.8) is 0 Å². The fourth-order valence-electron chi connectivity index (χ4n) is 4.54. The molecule has 158 valence electrons. The quantitative estimate of drug-likeness (QED) is 0.755. The van der Waals surface area contributed by atoms with E-state index in [0.29, 0.717) is 12.6 Å². The van der Waals surface area contributed by atoms with Crippen LogP contribution in [-0.2, 0) is 0 Å². The number of nitrogens with one attached hydrogen (secondary N) is 1. The Morgan fingerprint density at radius 2 is 1.97 bits per heavy atom. The number of carbonyl (C=O) groups is 1. The average molecular weight is 415 g/mol. The summed E-state index contributed by atoms with van der Waals surface area (Å²) < 4.78 is 1.10. The molecule has 0 unspecified atom stereocenters. The molecule has 1 N–H and O–H groups in total. The van der Waals surface area contributed by atoms with Crippen molar-refractivity contribution < 1.29 is 4.79 Å². The van der Waals surface area contributed by atoms with Gasteiger partial charge in [-0.25, -0.2) is 4.98 Å². The van der Waals surface area contributed by atoms with Gasteiger partial charge in [-0.05, 0) is 56.8 Å². The predicted molar refractivity (Wildman–Crippen MR) is 122 cm³/mol. The van der Waals surface area contributed by atoms with Crippen molar-refractivity contribution in [2.75, 3.05) is 38.1 Å². The fraction of sp³-hybridized carbons (Fsp3) is 0.652.